The highest BCUT2D eigenvalue weighted by atomic mass is 16.5. The van der Waals surface area contributed by atoms with E-state index in [1.54, 1.807) is 20.3 Å². The monoisotopic (exact) mass is 225 g/mol. The van der Waals surface area contributed by atoms with Gasteiger partial charge in [0.1, 0.15) is 5.75 Å². The number of benzene rings is 1. The summed E-state index contributed by atoms with van der Waals surface area (Å²) in [6, 6.07) is 3.65. The molecule has 4 heteroatoms. The van der Waals surface area contributed by atoms with Gasteiger partial charge in [-0.15, -0.1) is 0 Å². The smallest absolute Gasteiger partial charge is 0.165 e. The minimum absolute atomic E-state index is 0.0855. The average Bonchev–Trinajstić information content (AvgIpc) is 2.27. The van der Waals surface area contributed by atoms with Crippen LogP contribution >= 0.6 is 0 Å². The Morgan fingerprint density at radius 2 is 1.69 bits per heavy atom. The molecule has 2 N–H and O–H groups in total. The molecule has 0 atom stereocenters. The zero-order valence-electron chi connectivity index (χ0n) is 10.2. The van der Waals surface area contributed by atoms with E-state index in [1.165, 1.54) is 0 Å². The molecule has 0 saturated heterocycles. The summed E-state index contributed by atoms with van der Waals surface area (Å²) in [5.74, 6) is 2.07. The van der Waals surface area contributed by atoms with Crippen molar-refractivity contribution in [3.05, 3.63) is 17.7 Å². The van der Waals surface area contributed by atoms with E-state index in [1.807, 2.05) is 19.9 Å². The van der Waals surface area contributed by atoms with Crippen LogP contribution in [0.4, 0.5) is 0 Å². The Bertz CT molecular complexity index is 350. The van der Waals surface area contributed by atoms with Gasteiger partial charge in [0.05, 0.1) is 20.3 Å². The van der Waals surface area contributed by atoms with Gasteiger partial charge >= 0.3 is 0 Å². The predicted octanol–water partition coefficient (Wildman–Crippen LogP) is 1.95. The number of methoxy groups -OCH3 is 2. The molecule has 0 fully saturated rings. The number of ether oxygens (including phenoxy) is 3. The van der Waals surface area contributed by atoms with E-state index in [4.69, 9.17) is 19.9 Å². The second-order valence-electron chi connectivity index (χ2n) is 3.69. The second-order valence-corrected chi connectivity index (χ2v) is 3.69. The molecule has 0 heterocycles. The van der Waals surface area contributed by atoms with Crippen LogP contribution in [-0.4, -0.2) is 20.3 Å². The largest absolute Gasteiger partial charge is 0.496 e. The van der Waals surface area contributed by atoms with Gasteiger partial charge in [0.2, 0.25) is 0 Å². The zero-order valence-corrected chi connectivity index (χ0v) is 10.2. The lowest BCUT2D eigenvalue weighted by Crippen LogP contribution is -2.08. The van der Waals surface area contributed by atoms with Crippen LogP contribution in [-0.2, 0) is 6.54 Å². The molecule has 0 unspecified atom stereocenters. The van der Waals surface area contributed by atoms with Crippen LogP contribution in [0.5, 0.6) is 17.2 Å². The Balaban J connectivity index is 3.15. The Hall–Kier alpha value is -1.42. The van der Waals surface area contributed by atoms with Crippen LogP contribution < -0.4 is 19.9 Å². The van der Waals surface area contributed by atoms with Gasteiger partial charge in [-0.2, -0.15) is 0 Å². The van der Waals surface area contributed by atoms with E-state index in [0.717, 1.165) is 11.3 Å². The van der Waals surface area contributed by atoms with Crippen LogP contribution in [0.1, 0.15) is 19.4 Å². The SMILES string of the molecule is COc1cc(OC(C)C)c(OC)cc1CN. The summed E-state index contributed by atoms with van der Waals surface area (Å²) >= 11 is 0. The molecular weight excluding hydrogens is 206 g/mol. The van der Waals surface area contributed by atoms with E-state index in [0.29, 0.717) is 18.0 Å². The molecule has 0 spiro atoms. The lowest BCUT2D eigenvalue weighted by atomic mass is 10.1. The Kier molecular flexibility index (Phi) is 4.43. The van der Waals surface area contributed by atoms with Gasteiger partial charge in [0.15, 0.2) is 11.5 Å². The van der Waals surface area contributed by atoms with Crippen molar-refractivity contribution in [3.63, 3.8) is 0 Å². The topological polar surface area (TPSA) is 53.7 Å². The third-order valence-corrected chi connectivity index (χ3v) is 2.15. The quantitative estimate of drug-likeness (QED) is 0.832. The standard InChI is InChI=1S/C12H19NO3/c1-8(2)16-12-6-10(14-3)9(7-13)5-11(12)15-4/h5-6,8H,7,13H2,1-4H3. The first-order valence-corrected chi connectivity index (χ1v) is 5.24. The van der Waals surface area contributed by atoms with Crippen molar-refractivity contribution >= 4 is 0 Å². The highest BCUT2D eigenvalue weighted by Crippen LogP contribution is 2.35. The Morgan fingerprint density at radius 1 is 1.06 bits per heavy atom. The molecule has 0 radical (unpaired) electrons. The number of hydrogen-bond donors (Lipinski definition) is 1. The summed E-state index contributed by atoms with van der Waals surface area (Å²) in [6.07, 6.45) is 0.0855. The molecule has 0 saturated carbocycles. The summed E-state index contributed by atoms with van der Waals surface area (Å²) < 4.78 is 16.1. The van der Waals surface area contributed by atoms with Crippen molar-refractivity contribution in [2.45, 2.75) is 26.5 Å². The van der Waals surface area contributed by atoms with Crippen LogP contribution in [0, 0.1) is 0 Å². The molecular formula is C12H19NO3. The van der Waals surface area contributed by atoms with Crippen molar-refractivity contribution in [1.82, 2.24) is 0 Å². The summed E-state index contributed by atoms with van der Waals surface area (Å²) in [5, 5.41) is 0. The van der Waals surface area contributed by atoms with Gasteiger partial charge < -0.3 is 19.9 Å². The predicted molar refractivity (Wildman–Crippen MR) is 63.2 cm³/mol. The molecule has 16 heavy (non-hydrogen) atoms. The van der Waals surface area contributed by atoms with Crippen LogP contribution in [0.15, 0.2) is 12.1 Å². The maximum Gasteiger partial charge on any atom is 0.165 e. The Morgan fingerprint density at radius 3 is 2.12 bits per heavy atom. The fraction of sp³-hybridized carbons (Fsp3) is 0.500. The maximum absolute atomic E-state index is 5.63. The van der Waals surface area contributed by atoms with Gasteiger partial charge in [-0.1, -0.05) is 0 Å². The molecule has 0 amide bonds. The highest BCUT2D eigenvalue weighted by molar-refractivity contribution is 5.50. The molecule has 1 aromatic rings. The van der Waals surface area contributed by atoms with E-state index in [2.05, 4.69) is 0 Å². The number of rotatable bonds is 5. The molecule has 90 valence electrons. The molecule has 4 nitrogen and oxygen atoms in total. The van der Waals surface area contributed by atoms with Crippen molar-refractivity contribution in [2.75, 3.05) is 14.2 Å². The van der Waals surface area contributed by atoms with Gasteiger partial charge in [-0.25, -0.2) is 0 Å². The molecule has 1 rings (SSSR count). The van der Waals surface area contributed by atoms with Crippen molar-refractivity contribution in [3.8, 4) is 17.2 Å². The van der Waals surface area contributed by atoms with Crippen LogP contribution in [0.2, 0.25) is 0 Å². The van der Waals surface area contributed by atoms with Crippen molar-refractivity contribution in [1.29, 1.82) is 0 Å². The first-order valence-electron chi connectivity index (χ1n) is 5.24. The van der Waals surface area contributed by atoms with E-state index in [-0.39, 0.29) is 6.10 Å². The molecule has 0 bridgehead atoms. The fourth-order valence-corrected chi connectivity index (χ4v) is 1.44. The van der Waals surface area contributed by atoms with Gasteiger partial charge in [0, 0.05) is 18.2 Å². The van der Waals surface area contributed by atoms with Crippen LogP contribution in [0.3, 0.4) is 0 Å². The first kappa shape index (κ1) is 12.6. The molecule has 0 aliphatic carbocycles. The van der Waals surface area contributed by atoms with Crippen LogP contribution in [0.25, 0.3) is 0 Å². The van der Waals surface area contributed by atoms with E-state index < -0.39 is 0 Å². The number of hydrogen-bond acceptors (Lipinski definition) is 4. The highest BCUT2D eigenvalue weighted by Gasteiger charge is 2.12. The lowest BCUT2D eigenvalue weighted by molar-refractivity contribution is 0.228. The molecule has 1 aromatic carbocycles. The summed E-state index contributed by atoms with van der Waals surface area (Å²) in [6.45, 7) is 4.33. The van der Waals surface area contributed by atoms with Gasteiger partial charge in [0.25, 0.3) is 0 Å². The lowest BCUT2D eigenvalue weighted by Gasteiger charge is -2.16. The second kappa shape index (κ2) is 5.61. The first-order chi connectivity index (χ1) is 7.62. The summed E-state index contributed by atoms with van der Waals surface area (Å²) in [7, 11) is 3.22. The maximum atomic E-state index is 5.63. The minimum Gasteiger partial charge on any atom is -0.496 e. The third kappa shape index (κ3) is 2.79. The van der Waals surface area contributed by atoms with Gasteiger partial charge in [-0.05, 0) is 19.9 Å². The summed E-state index contributed by atoms with van der Waals surface area (Å²) in [5.41, 5.74) is 6.52. The third-order valence-electron chi connectivity index (χ3n) is 2.15. The summed E-state index contributed by atoms with van der Waals surface area (Å²) in [4.78, 5) is 0. The zero-order chi connectivity index (χ0) is 12.1. The molecule has 0 aromatic heterocycles. The van der Waals surface area contributed by atoms with E-state index in [9.17, 15) is 0 Å². The Labute approximate surface area is 96.3 Å². The average molecular weight is 225 g/mol. The van der Waals surface area contributed by atoms with Crippen molar-refractivity contribution < 1.29 is 14.2 Å². The molecule has 0 aliphatic heterocycles. The van der Waals surface area contributed by atoms with E-state index >= 15 is 0 Å². The van der Waals surface area contributed by atoms with Crippen molar-refractivity contribution in [2.24, 2.45) is 5.73 Å². The normalized spacial score (nSPS) is 10.4. The number of nitrogens with two attached hydrogens (primary N) is 1. The fourth-order valence-electron chi connectivity index (χ4n) is 1.44. The molecule has 0 aliphatic rings. The minimum atomic E-state index is 0.0855. The van der Waals surface area contributed by atoms with Gasteiger partial charge in [-0.3, -0.25) is 0 Å².